The van der Waals surface area contributed by atoms with Gasteiger partial charge in [0.25, 0.3) is 10.0 Å². The third kappa shape index (κ3) is 3.35. The summed E-state index contributed by atoms with van der Waals surface area (Å²) < 4.78 is 54.3. The highest BCUT2D eigenvalue weighted by Gasteiger charge is 2.22. The summed E-state index contributed by atoms with van der Waals surface area (Å²) in [6.07, 6.45) is 1.22. The van der Waals surface area contributed by atoms with E-state index >= 15 is 0 Å². The van der Waals surface area contributed by atoms with Gasteiger partial charge in [0.2, 0.25) is 5.82 Å². The van der Waals surface area contributed by atoms with Crippen molar-refractivity contribution in [1.82, 2.24) is 15.2 Å². The first-order valence-corrected chi connectivity index (χ1v) is 8.38. The summed E-state index contributed by atoms with van der Waals surface area (Å²) in [5.41, 5.74) is -0.920. The maximum Gasteiger partial charge on any atom is 0.304 e. The molecule has 0 radical (unpaired) electrons. The molecule has 1 heterocycles. The first-order chi connectivity index (χ1) is 12.3. The first kappa shape index (κ1) is 17.4. The number of nitrogens with zero attached hydrogens (tertiary/aromatic N) is 3. The normalized spacial score (nSPS) is 11.3. The topological polar surface area (TPSA) is 131 Å². The Balaban J connectivity index is 1.96. The third-order valence-electron chi connectivity index (χ3n) is 3.33. The number of rotatable bonds is 5. The van der Waals surface area contributed by atoms with Gasteiger partial charge < -0.3 is 0 Å². The number of nitro benzene ring substituents is 1. The van der Waals surface area contributed by atoms with Crippen LogP contribution in [0.1, 0.15) is 0 Å². The van der Waals surface area contributed by atoms with Gasteiger partial charge in [0, 0.05) is 17.7 Å². The average molecular weight is 381 g/mol. The second-order valence-corrected chi connectivity index (χ2v) is 6.69. The van der Waals surface area contributed by atoms with Crippen LogP contribution >= 0.6 is 0 Å². The molecule has 1 aromatic heterocycles. The van der Waals surface area contributed by atoms with Gasteiger partial charge in [-0.2, -0.15) is 9.49 Å². The van der Waals surface area contributed by atoms with Crippen LogP contribution in [0, 0.1) is 21.7 Å². The van der Waals surface area contributed by atoms with Crippen LogP contribution in [0.2, 0.25) is 0 Å². The molecule has 0 amide bonds. The second kappa shape index (κ2) is 6.48. The number of nitrogens with one attached hydrogen (secondary N) is 2. The number of nitro groups is 1. The predicted octanol–water partition coefficient (Wildman–Crippen LogP) is 2.46. The minimum absolute atomic E-state index is 0.284. The van der Waals surface area contributed by atoms with Crippen molar-refractivity contribution in [3.05, 3.63) is 64.5 Å². The van der Waals surface area contributed by atoms with E-state index in [0.29, 0.717) is 17.7 Å². The maximum atomic E-state index is 14.0. The molecule has 0 fully saturated rings. The van der Waals surface area contributed by atoms with Crippen molar-refractivity contribution in [2.75, 3.05) is 4.72 Å². The van der Waals surface area contributed by atoms with Crippen LogP contribution in [-0.4, -0.2) is 28.5 Å². The monoisotopic (exact) mass is 381 g/mol. The van der Waals surface area contributed by atoms with Crippen molar-refractivity contribution in [1.29, 1.82) is 0 Å². The SMILES string of the molecule is O=[N+]([O-])c1ccc(S(=O)(=O)Nc2cc(-c3ncn[nH]3)ccc2F)cc1F. The summed E-state index contributed by atoms with van der Waals surface area (Å²) in [7, 11) is -4.39. The third-order valence-corrected chi connectivity index (χ3v) is 4.69. The van der Waals surface area contributed by atoms with E-state index in [4.69, 9.17) is 0 Å². The van der Waals surface area contributed by atoms with Crippen molar-refractivity contribution in [2.45, 2.75) is 4.90 Å². The van der Waals surface area contributed by atoms with Crippen LogP contribution in [0.4, 0.5) is 20.2 Å². The Morgan fingerprint density at radius 3 is 2.50 bits per heavy atom. The lowest BCUT2D eigenvalue weighted by molar-refractivity contribution is -0.387. The van der Waals surface area contributed by atoms with Crippen LogP contribution in [0.5, 0.6) is 0 Å². The summed E-state index contributed by atoms with van der Waals surface area (Å²) in [6, 6.07) is 5.60. The van der Waals surface area contributed by atoms with Crippen molar-refractivity contribution in [2.24, 2.45) is 0 Å². The lowest BCUT2D eigenvalue weighted by Crippen LogP contribution is -2.14. The Morgan fingerprint density at radius 1 is 1.12 bits per heavy atom. The fourth-order valence-corrected chi connectivity index (χ4v) is 3.17. The van der Waals surface area contributed by atoms with Crippen LogP contribution < -0.4 is 4.72 Å². The summed E-state index contributed by atoms with van der Waals surface area (Å²) >= 11 is 0. The molecule has 0 spiro atoms. The Bertz CT molecular complexity index is 1090. The molecule has 134 valence electrons. The molecule has 0 unspecified atom stereocenters. The largest absolute Gasteiger partial charge is 0.304 e. The molecule has 0 aliphatic rings. The van der Waals surface area contributed by atoms with Crippen molar-refractivity contribution < 1.29 is 22.1 Å². The molecule has 0 saturated heterocycles. The van der Waals surface area contributed by atoms with Crippen LogP contribution in [0.15, 0.2) is 47.6 Å². The standard InChI is InChI=1S/C14H9F2N5O4S/c15-10-3-1-8(14-17-7-18-19-14)5-12(10)20-26(24,25)9-2-4-13(21(22)23)11(16)6-9/h1-7,20H,(H,17,18,19). The number of hydrogen-bond acceptors (Lipinski definition) is 6. The molecular weight excluding hydrogens is 372 g/mol. The number of halogens is 2. The molecular formula is C14H9F2N5O4S. The summed E-state index contributed by atoms with van der Waals surface area (Å²) in [5, 5.41) is 16.8. The Hall–Kier alpha value is -3.41. The van der Waals surface area contributed by atoms with Crippen molar-refractivity contribution in [3.8, 4) is 11.4 Å². The van der Waals surface area contributed by atoms with Gasteiger partial charge in [-0.1, -0.05) is 0 Å². The minimum atomic E-state index is -4.39. The van der Waals surface area contributed by atoms with E-state index in [1.54, 1.807) is 0 Å². The fourth-order valence-electron chi connectivity index (χ4n) is 2.10. The number of hydrogen-bond donors (Lipinski definition) is 2. The van der Waals surface area contributed by atoms with Crippen molar-refractivity contribution in [3.63, 3.8) is 0 Å². The van der Waals surface area contributed by atoms with E-state index in [1.165, 1.54) is 18.5 Å². The highest BCUT2D eigenvalue weighted by atomic mass is 32.2. The molecule has 26 heavy (non-hydrogen) atoms. The number of H-pyrrole nitrogens is 1. The zero-order valence-corrected chi connectivity index (χ0v) is 13.5. The van der Waals surface area contributed by atoms with Crippen molar-refractivity contribution >= 4 is 21.4 Å². The van der Waals surface area contributed by atoms with E-state index in [9.17, 15) is 27.3 Å². The average Bonchev–Trinajstić information content (AvgIpc) is 3.10. The quantitative estimate of drug-likeness (QED) is 0.516. The zero-order valence-electron chi connectivity index (χ0n) is 12.7. The van der Waals surface area contributed by atoms with Gasteiger partial charge in [0.1, 0.15) is 12.1 Å². The number of aromatic amines is 1. The summed E-state index contributed by atoms with van der Waals surface area (Å²) in [4.78, 5) is 12.9. The van der Waals surface area contributed by atoms with E-state index in [-0.39, 0.29) is 5.82 Å². The van der Waals surface area contributed by atoms with Gasteiger partial charge in [-0.3, -0.25) is 19.9 Å². The molecule has 9 nitrogen and oxygen atoms in total. The molecule has 0 bridgehead atoms. The number of benzene rings is 2. The van der Waals surface area contributed by atoms with E-state index in [2.05, 4.69) is 15.2 Å². The predicted molar refractivity (Wildman–Crippen MR) is 85.6 cm³/mol. The fraction of sp³-hybridized carbons (Fsp3) is 0. The highest BCUT2D eigenvalue weighted by molar-refractivity contribution is 7.92. The van der Waals surface area contributed by atoms with Gasteiger partial charge in [-0.15, -0.1) is 0 Å². The van der Waals surface area contributed by atoms with Crippen LogP contribution in [0.3, 0.4) is 0 Å². The molecule has 2 aromatic carbocycles. The Labute approximate surface area is 144 Å². The number of aromatic nitrogens is 3. The minimum Gasteiger partial charge on any atom is -0.277 e. The van der Waals surface area contributed by atoms with E-state index in [0.717, 1.165) is 12.1 Å². The van der Waals surface area contributed by atoms with E-state index < -0.39 is 42.9 Å². The van der Waals surface area contributed by atoms with E-state index in [1.807, 2.05) is 4.72 Å². The lowest BCUT2D eigenvalue weighted by Gasteiger charge is -2.10. The zero-order chi connectivity index (χ0) is 18.9. The lowest BCUT2D eigenvalue weighted by atomic mass is 10.2. The maximum absolute atomic E-state index is 14.0. The Morgan fingerprint density at radius 2 is 1.88 bits per heavy atom. The Kier molecular flexibility index (Phi) is 4.34. The molecule has 0 saturated carbocycles. The molecule has 12 heteroatoms. The molecule has 0 aliphatic carbocycles. The first-order valence-electron chi connectivity index (χ1n) is 6.90. The van der Waals surface area contributed by atoms with Gasteiger partial charge >= 0.3 is 5.69 Å². The van der Waals surface area contributed by atoms with Gasteiger partial charge in [0.15, 0.2) is 5.82 Å². The molecule has 2 N–H and O–H groups in total. The summed E-state index contributed by atoms with van der Waals surface area (Å²) in [6.45, 7) is 0. The number of sulfonamides is 1. The summed E-state index contributed by atoms with van der Waals surface area (Å²) in [5.74, 6) is -1.92. The molecule has 3 aromatic rings. The molecule has 3 rings (SSSR count). The number of anilines is 1. The van der Waals surface area contributed by atoms with Gasteiger partial charge in [0.05, 0.1) is 15.5 Å². The van der Waals surface area contributed by atoms with Gasteiger partial charge in [-0.25, -0.2) is 17.8 Å². The molecule has 0 atom stereocenters. The van der Waals surface area contributed by atoms with Crippen LogP contribution in [-0.2, 0) is 10.0 Å². The van der Waals surface area contributed by atoms with Gasteiger partial charge in [-0.05, 0) is 24.3 Å². The highest BCUT2D eigenvalue weighted by Crippen LogP contribution is 2.26. The molecule has 0 aliphatic heterocycles. The van der Waals surface area contributed by atoms with Crippen LogP contribution in [0.25, 0.3) is 11.4 Å². The second-order valence-electron chi connectivity index (χ2n) is 5.00. The smallest absolute Gasteiger partial charge is 0.277 e.